The Hall–Kier alpha value is -2.15. The van der Waals surface area contributed by atoms with E-state index in [1.54, 1.807) is 0 Å². The normalized spacial score (nSPS) is 11.7. The van der Waals surface area contributed by atoms with Gasteiger partial charge in [0, 0.05) is 12.1 Å². The average molecular weight is 288 g/mol. The van der Waals surface area contributed by atoms with Crippen molar-refractivity contribution < 1.29 is 24.4 Å². The van der Waals surface area contributed by atoms with Crippen molar-refractivity contribution in [3.8, 4) is 0 Å². The van der Waals surface area contributed by atoms with Gasteiger partial charge in [0.15, 0.2) is 5.92 Å². The number of hydrogen-bond donors (Lipinski definition) is 1. The molecule has 1 unspecified atom stereocenters. The molecule has 0 aliphatic heterocycles. The molecule has 0 saturated heterocycles. The molecular formula is C11H10ClNO6. The van der Waals surface area contributed by atoms with Crippen LogP contribution in [0.25, 0.3) is 0 Å². The number of carboxylic acid groups (broad SMARTS) is 1. The van der Waals surface area contributed by atoms with E-state index < -0.39 is 22.8 Å². The largest absolute Gasteiger partial charge is 0.480 e. The summed E-state index contributed by atoms with van der Waals surface area (Å²) < 4.78 is 4.64. The SMILES string of the molecule is CCOC(=O)C(C(=O)O)c1ccc([N+](=O)[O-])cc1Cl. The lowest BCUT2D eigenvalue weighted by Gasteiger charge is -2.12. The lowest BCUT2D eigenvalue weighted by Crippen LogP contribution is -2.24. The predicted molar refractivity (Wildman–Crippen MR) is 65.1 cm³/mol. The van der Waals surface area contributed by atoms with E-state index in [1.807, 2.05) is 0 Å². The molecule has 7 nitrogen and oxygen atoms in total. The van der Waals surface area contributed by atoms with Crippen molar-refractivity contribution in [1.29, 1.82) is 0 Å². The van der Waals surface area contributed by atoms with Gasteiger partial charge in [-0.05, 0) is 18.6 Å². The van der Waals surface area contributed by atoms with Crippen LogP contribution in [0.5, 0.6) is 0 Å². The first-order valence-corrected chi connectivity index (χ1v) is 5.59. The lowest BCUT2D eigenvalue weighted by molar-refractivity contribution is -0.384. The number of esters is 1. The topological polar surface area (TPSA) is 107 Å². The average Bonchev–Trinajstić information content (AvgIpc) is 2.31. The number of carbonyl (C=O) groups excluding carboxylic acids is 1. The van der Waals surface area contributed by atoms with Crippen LogP contribution in [0.4, 0.5) is 5.69 Å². The number of aliphatic carboxylic acids is 1. The molecule has 1 N–H and O–H groups in total. The number of nitrogens with zero attached hydrogens (tertiary/aromatic N) is 1. The van der Waals surface area contributed by atoms with Gasteiger partial charge >= 0.3 is 11.9 Å². The smallest absolute Gasteiger partial charge is 0.324 e. The van der Waals surface area contributed by atoms with Gasteiger partial charge < -0.3 is 9.84 Å². The number of rotatable bonds is 5. The van der Waals surface area contributed by atoms with Gasteiger partial charge in [0.25, 0.3) is 5.69 Å². The molecule has 1 aromatic rings. The second-order valence-corrected chi connectivity index (χ2v) is 3.89. The van der Waals surface area contributed by atoms with E-state index in [2.05, 4.69) is 4.74 Å². The zero-order valence-corrected chi connectivity index (χ0v) is 10.6. The third-order valence-corrected chi connectivity index (χ3v) is 2.60. The summed E-state index contributed by atoms with van der Waals surface area (Å²) in [5.74, 6) is -4.01. The first-order chi connectivity index (χ1) is 8.88. The van der Waals surface area contributed by atoms with E-state index in [-0.39, 0.29) is 22.9 Å². The van der Waals surface area contributed by atoms with Gasteiger partial charge in [0.1, 0.15) is 0 Å². The molecule has 102 valence electrons. The Balaban J connectivity index is 3.21. The molecule has 0 spiro atoms. The number of nitro groups is 1. The van der Waals surface area contributed by atoms with Crippen molar-refractivity contribution in [3.63, 3.8) is 0 Å². The second-order valence-electron chi connectivity index (χ2n) is 3.49. The van der Waals surface area contributed by atoms with Crippen LogP contribution in [0.3, 0.4) is 0 Å². The van der Waals surface area contributed by atoms with Crippen molar-refractivity contribution in [3.05, 3.63) is 38.9 Å². The van der Waals surface area contributed by atoms with Crippen LogP contribution < -0.4 is 0 Å². The van der Waals surface area contributed by atoms with Crippen molar-refractivity contribution in [2.45, 2.75) is 12.8 Å². The van der Waals surface area contributed by atoms with Crippen LogP contribution in [0.2, 0.25) is 5.02 Å². The number of carboxylic acids is 1. The van der Waals surface area contributed by atoms with E-state index in [0.717, 1.165) is 18.2 Å². The van der Waals surface area contributed by atoms with Gasteiger partial charge in [-0.3, -0.25) is 19.7 Å². The van der Waals surface area contributed by atoms with Gasteiger partial charge in [0.05, 0.1) is 16.6 Å². The fourth-order valence-corrected chi connectivity index (χ4v) is 1.73. The fraction of sp³-hybridized carbons (Fsp3) is 0.273. The summed E-state index contributed by atoms with van der Waals surface area (Å²) in [6.07, 6.45) is 0. The minimum absolute atomic E-state index is 0.0210. The van der Waals surface area contributed by atoms with Crippen molar-refractivity contribution in [2.75, 3.05) is 6.61 Å². The number of nitro benzene ring substituents is 1. The van der Waals surface area contributed by atoms with Crippen LogP contribution in [0, 0.1) is 10.1 Å². The zero-order chi connectivity index (χ0) is 14.6. The summed E-state index contributed by atoms with van der Waals surface area (Å²) in [5.41, 5.74) is -0.333. The monoisotopic (exact) mass is 287 g/mol. The molecule has 0 aromatic heterocycles. The first kappa shape index (κ1) is 14.9. The third-order valence-electron chi connectivity index (χ3n) is 2.28. The molecule has 1 rings (SSSR count). The molecular weight excluding hydrogens is 278 g/mol. The van der Waals surface area contributed by atoms with Crippen LogP contribution in [0.15, 0.2) is 18.2 Å². The number of carbonyl (C=O) groups is 2. The van der Waals surface area contributed by atoms with Crippen LogP contribution in [-0.4, -0.2) is 28.6 Å². The van der Waals surface area contributed by atoms with Crippen molar-refractivity contribution in [2.24, 2.45) is 0 Å². The van der Waals surface area contributed by atoms with E-state index in [1.165, 1.54) is 6.92 Å². The Morgan fingerprint density at radius 3 is 2.58 bits per heavy atom. The van der Waals surface area contributed by atoms with Gasteiger partial charge in [-0.25, -0.2) is 0 Å². The highest BCUT2D eigenvalue weighted by Gasteiger charge is 2.32. The number of halogens is 1. The van der Waals surface area contributed by atoms with E-state index in [4.69, 9.17) is 16.7 Å². The minimum atomic E-state index is -1.60. The maximum absolute atomic E-state index is 11.6. The predicted octanol–water partition coefficient (Wildman–Crippen LogP) is 1.98. The fourth-order valence-electron chi connectivity index (χ4n) is 1.45. The van der Waals surface area contributed by atoms with E-state index in [0.29, 0.717) is 0 Å². The molecule has 0 amide bonds. The second kappa shape index (κ2) is 6.14. The first-order valence-electron chi connectivity index (χ1n) is 5.21. The van der Waals surface area contributed by atoms with Gasteiger partial charge in [-0.1, -0.05) is 11.6 Å². The molecule has 1 aromatic carbocycles. The summed E-state index contributed by atoms with van der Waals surface area (Å²) >= 11 is 5.78. The highest BCUT2D eigenvalue weighted by molar-refractivity contribution is 6.32. The van der Waals surface area contributed by atoms with Gasteiger partial charge in [-0.15, -0.1) is 0 Å². The third kappa shape index (κ3) is 3.41. The van der Waals surface area contributed by atoms with E-state index in [9.17, 15) is 19.7 Å². The molecule has 0 aliphatic carbocycles. The Morgan fingerprint density at radius 2 is 2.16 bits per heavy atom. The van der Waals surface area contributed by atoms with E-state index >= 15 is 0 Å². The van der Waals surface area contributed by atoms with Crippen LogP contribution in [0.1, 0.15) is 18.4 Å². The molecule has 8 heteroatoms. The Bertz CT molecular complexity index is 530. The summed E-state index contributed by atoms with van der Waals surface area (Å²) in [7, 11) is 0. The number of hydrogen-bond acceptors (Lipinski definition) is 5. The summed E-state index contributed by atoms with van der Waals surface area (Å²) in [6, 6.07) is 3.21. The Labute approximate surface area is 112 Å². The summed E-state index contributed by atoms with van der Waals surface area (Å²) in [5, 5.41) is 19.4. The molecule has 0 radical (unpaired) electrons. The molecule has 1 atom stereocenters. The zero-order valence-electron chi connectivity index (χ0n) is 9.83. The Kier molecular flexibility index (Phi) is 4.82. The quantitative estimate of drug-likeness (QED) is 0.384. The number of ether oxygens (including phenoxy) is 1. The molecule has 19 heavy (non-hydrogen) atoms. The molecule has 0 bridgehead atoms. The summed E-state index contributed by atoms with van der Waals surface area (Å²) in [6.45, 7) is 1.56. The van der Waals surface area contributed by atoms with Crippen LogP contribution >= 0.6 is 11.6 Å². The van der Waals surface area contributed by atoms with Gasteiger partial charge in [0.2, 0.25) is 0 Å². The standard InChI is InChI=1S/C11H10ClNO6/c1-2-19-11(16)9(10(14)15)7-4-3-6(13(17)18)5-8(7)12/h3-5,9H,2H2,1H3,(H,14,15). The molecule has 0 aliphatic rings. The maximum Gasteiger partial charge on any atom is 0.324 e. The van der Waals surface area contributed by atoms with Gasteiger partial charge in [-0.2, -0.15) is 0 Å². The maximum atomic E-state index is 11.6. The van der Waals surface area contributed by atoms with Crippen molar-refractivity contribution in [1.82, 2.24) is 0 Å². The van der Waals surface area contributed by atoms with Crippen LogP contribution in [-0.2, 0) is 14.3 Å². The summed E-state index contributed by atoms with van der Waals surface area (Å²) in [4.78, 5) is 32.5. The highest BCUT2D eigenvalue weighted by Crippen LogP contribution is 2.29. The number of non-ortho nitro benzene ring substituents is 1. The van der Waals surface area contributed by atoms with Crippen molar-refractivity contribution >= 4 is 29.2 Å². The minimum Gasteiger partial charge on any atom is -0.480 e. The molecule has 0 saturated carbocycles. The highest BCUT2D eigenvalue weighted by atomic mass is 35.5. The molecule has 0 heterocycles. The number of benzene rings is 1. The lowest BCUT2D eigenvalue weighted by atomic mass is 9.99. The molecule has 0 fully saturated rings. The Morgan fingerprint density at radius 1 is 1.53 bits per heavy atom.